The van der Waals surface area contributed by atoms with Crippen molar-refractivity contribution in [2.45, 2.75) is 20.5 Å². The molecule has 0 aliphatic heterocycles. The first-order valence-electron chi connectivity index (χ1n) is 8.72. The van der Waals surface area contributed by atoms with Gasteiger partial charge in [0.1, 0.15) is 24.0 Å². The number of hydrogen-bond acceptors (Lipinski definition) is 5. The Morgan fingerprint density at radius 3 is 2.55 bits per heavy atom. The summed E-state index contributed by atoms with van der Waals surface area (Å²) in [6.07, 6.45) is 1.57. The lowest BCUT2D eigenvalue weighted by atomic mass is 10.2. The Morgan fingerprint density at radius 2 is 1.90 bits per heavy atom. The lowest BCUT2D eigenvalue weighted by Gasteiger charge is -2.13. The molecule has 0 saturated carbocycles. The topological polar surface area (TPSA) is 67.8 Å². The van der Waals surface area contributed by atoms with Gasteiger partial charge in [0, 0.05) is 16.8 Å². The summed E-state index contributed by atoms with van der Waals surface area (Å²) in [6, 6.07) is 12.9. The molecule has 0 aliphatic carbocycles. The Balaban J connectivity index is 1.83. The average Bonchev–Trinajstić information content (AvgIpc) is 2.99. The number of aryl methyl sites for hydroxylation is 1. The van der Waals surface area contributed by atoms with Crippen molar-refractivity contribution in [1.29, 1.82) is 5.26 Å². The van der Waals surface area contributed by atoms with Crippen LogP contribution in [0.2, 0.25) is 10.0 Å². The Bertz CT molecular complexity index is 1100. The van der Waals surface area contributed by atoms with Crippen LogP contribution in [0.1, 0.15) is 28.0 Å². The van der Waals surface area contributed by atoms with E-state index in [0.29, 0.717) is 45.0 Å². The summed E-state index contributed by atoms with van der Waals surface area (Å²) < 4.78 is 16.8. The molecule has 29 heavy (non-hydrogen) atoms. The number of nitriles is 1. The lowest BCUT2D eigenvalue weighted by Crippen LogP contribution is -1.99. The Hall–Kier alpha value is -2.94. The molecular weight excluding hydrogens is 411 g/mol. The number of hydrogen-bond donors (Lipinski definition) is 0. The molecule has 0 N–H and O–H groups in total. The first kappa shape index (κ1) is 20.8. The monoisotopic (exact) mass is 428 g/mol. The predicted molar refractivity (Wildman–Crippen MR) is 114 cm³/mol. The molecule has 0 aliphatic rings. The fraction of sp³-hybridized carbons (Fsp3) is 0.182. The van der Waals surface area contributed by atoms with Gasteiger partial charge in [0.2, 0.25) is 5.88 Å². The molecule has 0 saturated heterocycles. The van der Waals surface area contributed by atoms with Crippen LogP contribution in [0.25, 0.3) is 0 Å². The largest absolute Gasteiger partial charge is 0.493 e. The summed E-state index contributed by atoms with van der Waals surface area (Å²) in [5.74, 6) is 1.83. The Kier molecular flexibility index (Phi) is 6.48. The van der Waals surface area contributed by atoms with Gasteiger partial charge in [-0.15, -0.1) is 0 Å². The first-order valence-corrected chi connectivity index (χ1v) is 9.47. The number of nitrogens with zero attached hydrogens (tertiary/aromatic N) is 2. The molecule has 3 rings (SSSR count). The highest BCUT2D eigenvalue weighted by molar-refractivity contribution is 6.32. The SMILES string of the molecule is COc1cc(C=Nc2oc(C)c(C)c2C#N)cc(Cl)c1OCc1ccc(Cl)cc1. The normalized spacial score (nSPS) is 10.9. The standard InChI is InChI=1S/C22H18Cl2N2O3/c1-13-14(2)29-22(18(13)10-25)26-11-16-8-19(24)21(20(9-16)27-3)28-12-15-4-6-17(23)7-5-15/h4-9,11H,12H2,1-3H3. The van der Waals surface area contributed by atoms with E-state index in [1.165, 1.54) is 7.11 Å². The zero-order valence-electron chi connectivity index (χ0n) is 16.1. The number of benzene rings is 2. The van der Waals surface area contributed by atoms with Gasteiger partial charge < -0.3 is 13.9 Å². The molecule has 5 nitrogen and oxygen atoms in total. The zero-order chi connectivity index (χ0) is 21.0. The summed E-state index contributed by atoms with van der Waals surface area (Å²) in [4.78, 5) is 4.30. The number of ether oxygens (including phenoxy) is 2. The second-order valence-electron chi connectivity index (χ2n) is 6.28. The average molecular weight is 429 g/mol. The van der Waals surface area contributed by atoms with Crippen LogP contribution in [-0.2, 0) is 6.61 Å². The molecule has 1 aromatic heterocycles. The van der Waals surface area contributed by atoms with Crippen molar-refractivity contribution in [3.05, 3.63) is 74.5 Å². The smallest absolute Gasteiger partial charge is 0.237 e. The molecule has 0 bridgehead atoms. The van der Waals surface area contributed by atoms with Crippen LogP contribution in [-0.4, -0.2) is 13.3 Å². The van der Waals surface area contributed by atoms with E-state index in [1.54, 1.807) is 37.4 Å². The second-order valence-corrected chi connectivity index (χ2v) is 7.13. The molecule has 0 amide bonds. The Labute approximate surface area is 179 Å². The molecule has 7 heteroatoms. The Morgan fingerprint density at radius 1 is 1.17 bits per heavy atom. The van der Waals surface area contributed by atoms with Gasteiger partial charge in [0.05, 0.1) is 12.1 Å². The van der Waals surface area contributed by atoms with Gasteiger partial charge in [-0.1, -0.05) is 35.3 Å². The van der Waals surface area contributed by atoms with Crippen molar-refractivity contribution in [1.82, 2.24) is 0 Å². The van der Waals surface area contributed by atoms with Crippen LogP contribution >= 0.6 is 23.2 Å². The lowest BCUT2D eigenvalue weighted by molar-refractivity contribution is 0.284. The molecule has 0 unspecified atom stereocenters. The predicted octanol–water partition coefficient (Wildman–Crippen LogP) is 6.41. The van der Waals surface area contributed by atoms with Gasteiger partial charge >= 0.3 is 0 Å². The number of methoxy groups -OCH3 is 1. The molecule has 1 heterocycles. The van der Waals surface area contributed by atoms with Crippen molar-refractivity contribution in [3.8, 4) is 17.6 Å². The van der Waals surface area contributed by atoms with E-state index in [0.717, 1.165) is 11.1 Å². The summed E-state index contributed by atoms with van der Waals surface area (Å²) in [5, 5.41) is 10.3. The summed E-state index contributed by atoms with van der Waals surface area (Å²) in [5.41, 5.74) is 2.83. The van der Waals surface area contributed by atoms with Crippen LogP contribution in [0.3, 0.4) is 0 Å². The van der Waals surface area contributed by atoms with Crippen molar-refractivity contribution < 1.29 is 13.9 Å². The maximum absolute atomic E-state index is 9.29. The van der Waals surface area contributed by atoms with Gasteiger partial charge in [-0.05, 0) is 49.2 Å². The minimum absolute atomic E-state index is 0.264. The molecule has 0 atom stereocenters. The number of aliphatic imine (C=N–C) groups is 1. The minimum atomic E-state index is 0.264. The van der Waals surface area contributed by atoms with Crippen LogP contribution in [0.15, 0.2) is 45.8 Å². The van der Waals surface area contributed by atoms with E-state index in [-0.39, 0.29) is 5.88 Å². The van der Waals surface area contributed by atoms with Gasteiger partial charge in [-0.25, -0.2) is 4.99 Å². The molecular formula is C22H18Cl2N2O3. The third-order valence-corrected chi connectivity index (χ3v) is 4.89. The van der Waals surface area contributed by atoms with Crippen molar-refractivity contribution in [2.75, 3.05) is 7.11 Å². The second kappa shape index (κ2) is 9.04. The van der Waals surface area contributed by atoms with Gasteiger partial charge in [0.25, 0.3) is 0 Å². The first-order chi connectivity index (χ1) is 13.9. The third-order valence-electron chi connectivity index (χ3n) is 4.36. The van der Waals surface area contributed by atoms with Crippen molar-refractivity contribution in [2.24, 2.45) is 4.99 Å². The van der Waals surface area contributed by atoms with Crippen LogP contribution in [0, 0.1) is 25.2 Å². The van der Waals surface area contributed by atoms with E-state index in [4.69, 9.17) is 37.1 Å². The molecule has 0 spiro atoms. The number of furan rings is 1. The zero-order valence-corrected chi connectivity index (χ0v) is 17.6. The highest BCUT2D eigenvalue weighted by Crippen LogP contribution is 2.37. The summed E-state index contributed by atoms with van der Waals surface area (Å²) >= 11 is 12.3. The molecule has 0 fully saturated rings. The van der Waals surface area contributed by atoms with E-state index in [2.05, 4.69) is 11.1 Å². The molecule has 0 radical (unpaired) electrons. The highest BCUT2D eigenvalue weighted by atomic mass is 35.5. The fourth-order valence-electron chi connectivity index (χ4n) is 2.66. The van der Waals surface area contributed by atoms with Crippen molar-refractivity contribution >= 4 is 35.3 Å². The van der Waals surface area contributed by atoms with E-state index in [9.17, 15) is 5.26 Å². The minimum Gasteiger partial charge on any atom is -0.493 e. The third kappa shape index (κ3) is 4.73. The van der Waals surface area contributed by atoms with Crippen LogP contribution in [0.4, 0.5) is 5.88 Å². The van der Waals surface area contributed by atoms with Crippen molar-refractivity contribution in [3.63, 3.8) is 0 Å². The maximum Gasteiger partial charge on any atom is 0.237 e. The quantitative estimate of drug-likeness (QED) is 0.425. The van der Waals surface area contributed by atoms with E-state index < -0.39 is 0 Å². The van der Waals surface area contributed by atoms with Gasteiger partial charge in [0.15, 0.2) is 11.5 Å². The summed E-state index contributed by atoms with van der Waals surface area (Å²) in [7, 11) is 1.54. The van der Waals surface area contributed by atoms with Crippen LogP contribution in [0.5, 0.6) is 11.5 Å². The number of rotatable bonds is 6. The summed E-state index contributed by atoms with van der Waals surface area (Å²) in [6.45, 7) is 3.93. The molecule has 148 valence electrons. The molecule has 2 aromatic carbocycles. The fourth-order valence-corrected chi connectivity index (χ4v) is 3.05. The van der Waals surface area contributed by atoms with Gasteiger partial charge in [-0.3, -0.25) is 0 Å². The van der Waals surface area contributed by atoms with E-state index >= 15 is 0 Å². The highest BCUT2D eigenvalue weighted by Gasteiger charge is 2.14. The van der Waals surface area contributed by atoms with Crippen LogP contribution < -0.4 is 9.47 Å². The maximum atomic E-state index is 9.29. The number of halogens is 2. The van der Waals surface area contributed by atoms with E-state index in [1.807, 2.05) is 19.1 Å². The van der Waals surface area contributed by atoms with Gasteiger partial charge in [-0.2, -0.15) is 5.26 Å². The molecule has 3 aromatic rings.